The van der Waals surface area contributed by atoms with E-state index < -0.39 is 36.2 Å². The lowest BCUT2D eigenvalue weighted by Gasteiger charge is -2.36. The Hall–Kier alpha value is -1.93. The molecule has 3 rings (SSSR count). The van der Waals surface area contributed by atoms with Crippen molar-refractivity contribution in [2.24, 2.45) is 0 Å². The second-order valence-electron chi connectivity index (χ2n) is 8.93. The zero-order chi connectivity index (χ0) is 23.7. The normalized spacial score (nSPS) is 24.5. The molecule has 1 saturated heterocycles. The Morgan fingerprint density at radius 2 is 1.79 bits per heavy atom. The molecule has 1 aromatic carbocycles. The van der Waals surface area contributed by atoms with E-state index in [4.69, 9.17) is 28.4 Å². The van der Waals surface area contributed by atoms with Crippen molar-refractivity contribution in [2.75, 3.05) is 19.8 Å². The first kappa shape index (κ1) is 25.7. The molecule has 184 valence electrons. The molecule has 1 fully saturated rings. The minimum atomic E-state index is -0.798. The molecule has 0 saturated carbocycles. The van der Waals surface area contributed by atoms with E-state index in [0.717, 1.165) is 31.2 Å². The molecule has 2 unspecified atom stereocenters. The average molecular weight is 463 g/mol. The van der Waals surface area contributed by atoms with Crippen molar-refractivity contribution >= 4 is 5.97 Å². The van der Waals surface area contributed by atoms with Crippen molar-refractivity contribution in [3.8, 4) is 0 Å². The lowest BCUT2D eigenvalue weighted by atomic mass is 9.99. The van der Waals surface area contributed by atoms with Crippen LogP contribution in [0.25, 0.3) is 0 Å². The van der Waals surface area contributed by atoms with Crippen LogP contribution in [0.2, 0.25) is 0 Å². The monoisotopic (exact) mass is 462 g/mol. The second-order valence-corrected chi connectivity index (χ2v) is 8.93. The van der Waals surface area contributed by atoms with Gasteiger partial charge in [0.1, 0.15) is 24.9 Å². The van der Waals surface area contributed by atoms with Gasteiger partial charge in [-0.15, -0.1) is 0 Å². The number of ether oxygens (including phenoxy) is 6. The molecule has 0 spiro atoms. The summed E-state index contributed by atoms with van der Waals surface area (Å²) in [6.45, 7) is 9.70. The number of fused-ring (bicyclic) bond motifs is 1. The first-order chi connectivity index (χ1) is 15.9. The Morgan fingerprint density at radius 3 is 2.52 bits per heavy atom. The van der Waals surface area contributed by atoms with Gasteiger partial charge in [0.05, 0.1) is 6.61 Å². The Balaban J connectivity index is 1.73. The van der Waals surface area contributed by atoms with Crippen LogP contribution in [0.15, 0.2) is 42.2 Å². The summed E-state index contributed by atoms with van der Waals surface area (Å²) in [7, 11) is 0. The molecule has 4 atom stereocenters. The topological polar surface area (TPSA) is 72.5 Å². The van der Waals surface area contributed by atoms with Crippen molar-refractivity contribution in [3.63, 3.8) is 0 Å². The molecule has 2 aliphatic heterocycles. The van der Waals surface area contributed by atoms with Gasteiger partial charge >= 0.3 is 5.97 Å². The number of unbranched alkanes of at least 4 members (excludes halogenated alkanes) is 2. The van der Waals surface area contributed by atoms with Gasteiger partial charge in [-0.1, -0.05) is 57.0 Å². The molecular formula is C26H38O7. The van der Waals surface area contributed by atoms with Gasteiger partial charge in [0.2, 0.25) is 5.76 Å². The van der Waals surface area contributed by atoms with E-state index in [1.807, 2.05) is 44.2 Å². The number of benzene rings is 1. The quantitative estimate of drug-likeness (QED) is 0.315. The summed E-state index contributed by atoms with van der Waals surface area (Å²) in [6.07, 6.45) is 3.83. The smallest absolute Gasteiger partial charge is 0.373 e. The highest BCUT2D eigenvalue weighted by Gasteiger charge is 2.51. The fraction of sp³-hybridized carbons (Fsp3) is 0.654. The molecular weight excluding hydrogens is 424 g/mol. The fourth-order valence-corrected chi connectivity index (χ4v) is 3.86. The fourth-order valence-electron chi connectivity index (χ4n) is 3.86. The van der Waals surface area contributed by atoms with E-state index in [2.05, 4.69) is 13.8 Å². The Kier molecular flexibility index (Phi) is 9.74. The predicted molar refractivity (Wildman–Crippen MR) is 123 cm³/mol. The second kappa shape index (κ2) is 12.5. The summed E-state index contributed by atoms with van der Waals surface area (Å²) in [6, 6.07) is 9.54. The molecule has 0 aromatic heterocycles. The molecule has 0 bridgehead atoms. The van der Waals surface area contributed by atoms with Gasteiger partial charge < -0.3 is 28.4 Å². The van der Waals surface area contributed by atoms with Crippen LogP contribution in [-0.4, -0.2) is 56.0 Å². The van der Waals surface area contributed by atoms with Crippen molar-refractivity contribution in [2.45, 2.75) is 90.2 Å². The highest BCUT2D eigenvalue weighted by atomic mass is 16.8. The van der Waals surface area contributed by atoms with Crippen LogP contribution in [0.1, 0.15) is 58.9 Å². The maximum Gasteiger partial charge on any atom is 0.373 e. The molecule has 2 heterocycles. The van der Waals surface area contributed by atoms with Gasteiger partial charge in [-0.25, -0.2) is 4.79 Å². The predicted octanol–water partition coefficient (Wildman–Crippen LogP) is 4.53. The zero-order valence-corrected chi connectivity index (χ0v) is 20.3. The zero-order valence-electron chi connectivity index (χ0n) is 20.3. The number of carbonyl (C=O) groups is 1. The lowest BCUT2D eigenvalue weighted by Crippen LogP contribution is -2.50. The summed E-state index contributed by atoms with van der Waals surface area (Å²) in [4.78, 5) is 12.9. The van der Waals surface area contributed by atoms with Crippen molar-refractivity contribution in [3.05, 3.63) is 47.7 Å². The van der Waals surface area contributed by atoms with Crippen LogP contribution in [0, 0.1) is 0 Å². The van der Waals surface area contributed by atoms with Gasteiger partial charge in [0.15, 0.2) is 11.9 Å². The molecule has 2 aliphatic rings. The van der Waals surface area contributed by atoms with Crippen molar-refractivity contribution in [1.29, 1.82) is 0 Å². The van der Waals surface area contributed by atoms with Crippen LogP contribution in [0.5, 0.6) is 0 Å². The van der Waals surface area contributed by atoms with Crippen molar-refractivity contribution in [1.82, 2.24) is 0 Å². The summed E-state index contributed by atoms with van der Waals surface area (Å²) < 4.78 is 36.0. The van der Waals surface area contributed by atoms with E-state index in [1.165, 1.54) is 0 Å². The lowest BCUT2D eigenvalue weighted by molar-refractivity contribution is -0.178. The minimum absolute atomic E-state index is 0.121. The SMILES string of the molecule is CCCCOC[C@@H](OCCCC)C1OC(C(=O)OCc2ccccc2)=C[C@H]2OC(C)(C)OC12. The Labute approximate surface area is 197 Å². The van der Waals surface area contributed by atoms with Crippen LogP contribution < -0.4 is 0 Å². The van der Waals surface area contributed by atoms with Crippen molar-refractivity contribution < 1.29 is 33.2 Å². The van der Waals surface area contributed by atoms with Crippen LogP contribution >= 0.6 is 0 Å². The van der Waals surface area contributed by atoms with Crippen LogP contribution in [0.3, 0.4) is 0 Å². The van der Waals surface area contributed by atoms with Crippen LogP contribution in [0.4, 0.5) is 0 Å². The van der Waals surface area contributed by atoms with Gasteiger partial charge in [-0.05, 0) is 38.3 Å². The average Bonchev–Trinajstić information content (AvgIpc) is 3.13. The van der Waals surface area contributed by atoms with Gasteiger partial charge in [0, 0.05) is 13.2 Å². The molecule has 33 heavy (non-hydrogen) atoms. The molecule has 7 nitrogen and oxygen atoms in total. The van der Waals surface area contributed by atoms with Gasteiger partial charge in [-0.2, -0.15) is 0 Å². The third-order valence-electron chi connectivity index (χ3n) is 5.60. The number of esters is 1. The summed E-state index contributed by atoms with van der Waals surface area (Å²) in [5.41, 5.74) is 0.906. The Bertz CT molecular complexity index is 761. The van der Waals surface area contributed by atoms with Gasteiger partial charge in [0.25, 0.3) is 0 Å². The summed E-state index contributed by atoms with van der Waals surface area (Å²) in [5, 5.41) is 0. The number of hydrogen-bond acceptors (Lipinski definition) is 7. The standard InChI is InChI=1S/C26H38O7/c1-5-7-14-28-18-22(29-15-8-6-2)23-24-20(32-26(3,4)33-24)16-21(31-23)25(27)30-17-19-12-10-9-11-13-19/h9-13,16,20,22-24H,5-8,14-15,17-18H2,1-4H3/t20-,22-,23?,24?/m1/s1. The highest BCUT2D eigenvalue weighted by molar-refractivity contribution is 5.86. The van der Waals surface area contributed by atoms with E-state index in [1.54, 1.807) is 6.08 Å². The minimum Gasteiger partial charge on any atom is -0.478 e. The molecule has 0 N–H and O–H groups in total. The first-order valence-corrected chi connectivity index (χ1v) is 12.1. The molecule has 0 aliphatic carbocycles. The highest BCUT2D eigenvalue weighted by Crippen LogP contribution is 2.37. The first-order valence-electron chi connectivity index (χ1n) is 12.1. The van der Waals surface area contributed by atoms with E-state index in [0.29, 0.717) is 19.8 Å². The Morgan fingerprint density at radius 1 is 1.06 bits per heavy atom. The third-order valence-corrected chi connectivity index (χ3v) is 5.60. The molecule has 7 heteroatoms. The molecule has 1 aromatic rings. The number of hydrogen-bond donors (Lipinski definition) is 0. The molecule has 0 radical (unpaired) electrons. The maximum absolute atomic E-state index is 12.9. The number of carbonyl (C=O) groups excluding carboxylic acids is 1. The third kappa shape index (κ3) is 7.54. The summed E-state index contributed by atoms with van der Waals surface area (Å²) in [5.74, 6) is -1.21. The van der Waals surface area contributed by atoms with E-state index in [9.17, 15) is 4.79 Å². The van der Waals surface area contributed by atoms with Gasteiger partial charge in [-0.3, -0.25) is 0 Å². The van der Waals surface area contributed by atoms with Crippen LogP contribution in [-0.2, 0) is 39.8 Å². The maximum atomic E-state index is 12.9. The van der Waals surface area contributed by atoms with E-state index >= 15 is 0 Å². The number of rotatable bonds is 13. The molecule has 0 amide bonds. The summed E-state index contributed by atoms with van der Waals surface area (Å²) >= 11 is 0. The largest absolute Gasteiger partial charge is 0.478 e. The van der Waals surface area contributed by atoms with E-state index in [-0.39, 0.29) is 12.4 Å².